The van der Waals surface area contributed by atoms with Gasteiger partial charge in [0.15, 0.2) is 24.0 Å². The lowest BCUT2D eigenvalue weighted by Crippen LogP contribution is -2.53. The number of ketones is 1. The van der Waals surface area contributed by atoms with Crippen LogP contribution in [0.25, 0.3) is 0 Å². The summed E-state index contributed by atoms with van der Waals surface area (Å²) in [5.41, 5.74) is -0.0127. The summed E-state index contributed by atoms with van der Waals surface area (Å²) in [4.78, 5) is 24.4. The summed E-state index contributed by atoms with van der Waals surface area (Å²) < 4.78 is 31.5. The molecule has 1 aromatic rings. The summed E-state index contributed by atoms with van der Waals surface area (Å²) in [6, 6.07) is 2.93. The molecule has 4 aliphatic rings. The van der Waals surface area contributed by atoms with Crippen molar-refractivity contribution in [3.8, 4) is 0 Å². The average molecular weight is 427 g/mol. The fraction of sp³-hybridized carbons (Fsp3) is 0.600. The number of carbonyl (C=O) groups is 2. The minimum absolute atomic E-state index is 0.00548. The van der Waals surface area contributed by atoms with Crippen molar-refractivity contribution < 1.29 is 23.1 Å². The number of hydrogen-bond donors (Lipinski definition) is 0. The molecule has 6 heteroatoms. The van der Waals surface area contributed by atoms with Crippen LogP contribution in [0.1, 0.15) is 55.3 Å². The van der Waals surface area contributed by atoms with Gasteiger partial charge in [-0.2, -0.15) is 0 Å². The molecule has 0 heterocycles. The molecule has 140 valence electrons. The molecular weight excluding hydrogens is 406 g/mol. The third-order valence-electron chi connectivity index (χ3n) is 6.24. The van der Waals surface area contributed by atoms with E-state index in [2.05, 4.69) is 15.9 Å². The Labute approximate surface area is 159 Å². The zero-order valence-corrected chi connectivity index (χ0v) is 16.0. The van der Waals surface area contributed by atoms with Crippen LogP contribution in [0.15, 0.2) is 18.2 Å². The van der Waals surface area contributed by atoms with E-state index in [-0.39, 0.29) is 21.3 Å². The lowest BCUT2D eigenvalue weighted by molar-refractivity contribution is -0.149. The smallest absolute Gasteiger partial charge is 0.306 e. The third-order valence-corrected chi connectivity index (χ3v) is 7.16. The Morgan fingerprint density at radius 1 is 1.12 bits per heavy atom. The van der Waals surface area contributed by atoms with Gasteiger partial charge in [0.25, 0.3) is 0 Å². The zero-order chi connectivity index (χ0) is 18.5. The Kier molecular flexibility index (Phi) is 4.45. The molecule has 3 nitrogen and oxygen atoms in total. The molecule has 0 radical (unpaired) electrons. The second kappa shape index (κ2) is 6.39. The topological polar surface area (TPSA) is 43.4 Å². The first-order valence-electron chi connectivity index (χ1n) is 9.09. The fourth-order valence-electron chi connectivity index (χ4n) is 5.80. The highest BCUT2D eigenvalue weighted by atomic mass is 79.9. The number of rotatable bonds is 5. The molecule has 0 aliphatic heterocycles. The molecule has 26 heavy (non-hydrogen) atoms. The first-order chi connectivity index (χ1) is 12.3. The van der Waals surface area contributed by atoms with E-state index in [1.807, 2.05) is 0 Å². The van der Waals surface area contributed by atoms with Crippen LogP contribution in [0.3, 0.4) is 0 Å². The highest BCUT2D eigenvalue weighted by Crippen LogP contribution is 2.65. The quantitative estimate of drug-likeness (QED) is 0.385. The summed E-state index contributed by atoms with van der Waals surface area (Å²) in [6.45, 7) is -0.438. The molecule has 4 fully saturated rings. The van der Waals surface area contributed by atoms with Crippen LogP contribution in [-0.2, 0) is 9.53 Å². The van der Waals surface area contributed by atoms with Crippen LogP contribution in [0.2, 0.25) is 0 Å². The molecule has 0 spiro atoms. The van der Waals surface area contributed by atoms with Gasteiger partial charge in [0.05, 0.1) is 6.42 Å². The summed E-state index contributed by atoms with van der Waals surface area (Å²) in [6.07, 6.45) is 7.08. The van der Waals surface area contributed by atoms with Crippen molar-refractivity contribution in [2.45, 2.75) is 49.3 Å². The summed E-state index contributed by atoms with van der Waals surface area (Å²) >= 11 is 3.92. The molecule has 4 saturated carbocycles. The van der Waals surface area contributed by atoms with E-state index in [1.54, 1.807) is 0 Å². The number of ether oxygens (including phenoxy) is 1. The van der Waals surface area contributed by atoms with Gasteiger partial charge >= 0.3 is 5.97 Å². The Hall–Kier alpha value is -1.30. The van der Waals surface area contributed by atoms with Crippen molar-refractivity contribution in [3.05, 3.63) is 35.4 Å². The predicted molar refractivity (Wildman–Crippen MR) is 95.0 cm³/mol. The van der Waals surface area contributed by atoms with Crippen LogP contribution in [0, 0.1) is 28.9 Å². The molecule has 0 aromatic heterocycles. The van der Waals surface area contributed by atoms with E-state index in [0.717, 1.165) is 31.4 Å². The van der Waals surface area contributed by atoms with Gasteiger partial charge in [-0.05, 0) is 74.0 Å². The summed E-state index contributed by atoms with van der Waals surface area (Å²) in [5, 5.41) is 0. The Bertz CT molecular complexity index is 749. The van der Waals surface area contributed by atoms with E-state index in [9.17, 15) is 18.4 Å². The van der Waals surface area contributed by atoms with Gasteiger partial charge in [-0.1, -0.05) is 15.9 Å². The molecule has 0 saturated heterocycles. The van der Waals surface area contributed by atoms with Crippen molar-refractivity contribution in [2.75, 3.05) is 6.61 Å². The lowest BCUT2D eigenvalue weighted by atomic mass is 9.49. The predicted octanol–water partition coefficient (Wildman–Crippen LogP) is 4.81. The summed E-state index contributed by atoms with van der Waals surface area (Å²) in [5.74, 6) is -1.65. The number of benzene rings is 1. The molecule has 0 N–H and O–H groups in total. The van der Waals surface area contributed by atoms with Crippen molar-refractivity contribution in [1.29, 1.82) is 0 Å². The zero-order valence-electron chi connectivity index (χ0n) is 14.4. The van der Waals surface area contributed by atoms with Gasteiger partial charge in [-0.3, -0.25) is 9.59 Å². The minimum Gasteiger partial charge on any atom is -0.457 e. The van der Waals surface area contributed by atoms with Crippen LogP contribution in [-0.4, -0.2) is 22.7 Å². The number of alkyl halides is 1. The van der Waals surface area contributed by atoms with Gasteiger partial charge in [0, 0.05) is 9.89 Å². The van der Waals surface area contributed by atoms with Gasteiger partial charge in [-0.25, -0.2) is 8.78 Å². The summed E-state index contributed by atoms with van der Waals surface area (Å²) in [7, 11) is 0. The van der Waals surface area contributed by atoms with E-state index >= 15 is 0 Å². The van der Waals surface area contributed by atoms with Gasteiger partial charge < -0.3 is 4.74 Å². The number of Topliss-reactive ketones (excluding diaryl/α,β-unsaturated/α-hetero) is 1. The normalized spacial score (nSPS) is 34.7. The van der Waals surface area contributed by atoms with Crippen molar-refractivity contribution in [1.82, 2.24) is 0 Å². The van der Waals surface area contributed by atoms with Crippen LogP contribution in [0.5, 0.6) is 0 Å². The highest BCUT2D eigenvalue weighted by molar-refractivity contribution is 9.10. The maximum Gasteiger partial charge on any atom is 0.306 e. The molecule has 0 amide bonds. The number of hydrogen-bond acceptors (Lipinski definition) is 3. The molecule has 4 bridgehead atoms. The number of esters is 1. The van der Waals surface area contributed by atoms with E-state index in [4.69, 9.17) is 4.74 Å². The van der Waals surface area contributed by atoms with Crippen molar-refractivity contribution in [3.63, 3.8) is 0 Å². The fourth-order valence-corrected chi connectivity index (χ4v) is 7.31. The van der Waals surface area contributed by atoms with Crippen molar-refractivity contribution in [2.24, 2.45) is 17.3 Å². The van der Waals surface area contributed by atoms with Crippen LogP contribution >= 0.6 is 15.9 Å². The molecular formula is C20H21BrF2O3. The molecule has 1 aromatic carbocycles. The first kappa shape index (κ1) is 18.1. The minimum atomic E-state index is -1.08. The molecule has 4 aliphatic carbocycles. The average Bonchev–Trinajstić information content (AvgIpc) is 2.52. The maximum atomic E-state index is 13.2. The Morgan fingerprint density at radius 3 is 2.42 bits per heavy atom. The van der Waals surface area contributed by atoms with Crippen molar-refractivity contribution >= 4 is 27.7 Å². The molecule has 2 unspecified atom stereocenters. The second-order valence-corrected chi connectivity index (χ2v) is 10.2. The SMILES string of the molecule is O=C(CC12CC3CC(CC(Br)(C3)C1)C2)OCC(=O)c1ccc(F)c(F)c1. The van der Waals surface area contributed by atoms with Crippen LogP contribution < -0.4 is 0 Å². The van der Waals surface area contributed by atoms with E-state index in [1.165, 1.54) is 25.3 Å². The number of carbonyl (C=O) groups excluding carboxylic acids is 2. The monoisotopic (exact) mass is 426 g/mol. The van der Waals surface area contributed by atoms with Gasteiger partial charge in [0.1, 0.15) is 0 Å². The van der Waals surface area contributed by atoms with Gasteiger partial charge in [0.2, 0.25) is 0 Å². The number of halogens is 3. The Morgan fingerprint density at radius 2 is 1.81 bits per heavy atom. The third kappa shape index (κ3) is 3.45. The standard InChI is InChI=1S/C20H21BrF2O3/c21-20-7-12-3-13(8-20)6-19(5-12,11-20)9-18(25)26-10-17(24)14-1-2-15(22)16(23)4-14/h1-2,4,12-13H,3,5-11H2. The largest absolute Gasteiger partial charge is 0.457 e. The first-order valence-corrected chi connectivity index (χ1v) is 9.88. The lowest BCUT2D eigenvalue weighted by Gasteiger charge is -2.60. The van der Waals surface area contributed by atoms with Gasteiger partial charge in [-0.15, -0.1) is 0 Å². The van der Waals surface area contributed by atoms with E-state index in [0.29, 0.717) is 18.3 Å². The Balaban J connectivity index is 1.36. The van der Waals surface area contributed by atoms with E-state index < -0.39 is 24.0 Å². The second-order valence-electron chi connectivity index (χ2n) is 8.50. The molecule has 5 rings (SSSR count). The molecule has 2 atom stereocenters. The van der Waals surface area contributed by atoms with Crippen LogP contribution in [0.4, 0.5) is 8.78 Å². The maximum absolute atomic E-state index is 13.2. The highest BCUT2D eigenvalue weighted by Gasteiger charge is 2.57.